The van der Waals surface area contributed by atoms with E-state index in [2.05, 4.69) is 16.0 Å². The zero-order valence-corrected chi connectivity index (χ0v) is 24.7. The molecule has 0 fully saturated rings. The molecule has 0 aliphatic rings. The first-order chi connectivity index (χ1) is 21.4. The van der Waals surface area contributed by atoms with E-state index in [1.165, 1.54) is 7.11 Å². The Kier molecular flexibility index (Phi) is 12.0. The third kappa shape index (κ3) is 9.78. The fourth-order valence-electron chi connectivity index (χ4n) is 4.72. The van der Waals surface area contributed by atoms with Crippen molar-refractivity contribution in [1.29, 1.82) is 0 Å². The van der Waals surface area contributed by atoms with Gasteiger partial charge in [-0.2, -0.15) is 0 Å². The van der Waals surface area contributed by atoms with Crippen molar-refractivity contribution in [2.45, 2.75) is 44.5 Å². The lowest BCUT2D eigenvalue weighted by molar-refractivity contribution is -0.147. The number of carbonyl (C=O) groups excluding carboxylic acids is 4. The second kappa shape index (κ2) is 16.6. The van der Waals surface area contributed by atoms with Crippen LogP contribution in [0.25, 0.3) is 10.8 Å². The lowest BCUT2D eigenvalue weighted by Gasteiger charge is -2.23. The molecule has 9 nitrogen and oxygen atoms in total. The Bertz CT molecular complexity index is 1480. The zero-order chi connectivity index (χ0) is 31.1. The van der Waals surface area contributed by atoms with Crippen LogP contribution in [0, 0.1) is 0 Å². The zero-order valence-electron chi connectivity index (χ0n) is 24.7. The van der Waals surface area contributed by atoms with Gasteiger partial charge in [-0.3, -0.25) is 19.2 Å². The molecule has 2 atom stereocenters. The summed E-state index contributed by atoms with van der Waals surface area (Å²) < 4.78 is 10.6. The SMILES string of the molecule is COCC(NC(=O)C(CC(=O)OCc1ccccc1)NC(=O)CCc1ccccc1)C(=O)NCc1cccc2ccccc12. The molecule has 0 radical (unpaired) electrons. The second-order valence-electron chi connectivity index (χ2n) is 10.3. The van der Waals surface area contributed by atoms with Gasteiger partial charge in [0.05, 0.1) is 13.0 Å². The molecule has 3 amide bonds. The van der Waals surface area contributed by atoms with Gasteiger partial charge in [-0.1, -0.05) is 103 Å². The van der Waals surface area contributed by atoms with Gasteiger partial charge < -0.3 is 25.4 Å². The van der Waals surface area contributed by atoms with E-state index in [4.69, 9.17) is 9.47 Å². The Morgan fingerprint density at radius 1 is 0.705 bits per heavy atom. The highest BCUT2D eigenvalue weighted by Gasteiger charge is 2.29. The van der Waals surface area contributed by atoms with E-state index < -0.39 is 42.2 Å². The second-order valence-corrected chi connectivity index (χ2v) is 10.3. The Hall–Kier alpha value is -5.02. The highest BCUT2D eigenvalue weighted by atomic mass is 16.5. The largest absolute Gasteiger partial charge is 0.461 e. The fourth-order valence-corrected chi connectivity index (χ4v) is 4.72. The van der Waals surface area contributed by atoms with Crippen LogP contribution in [0.5, 0.6) is 0 Å². The number of hydrogen-bond acceptors (Lipinski definition) is 6. The normalized spacial score (nSPS) is 12.1. The number of esters is 1. The Labute approximate surface area is 256 Å². The van der Waals surface area contributed by atoms with Crippen LogP contribution in [0.2, 0.25) is 0 Å². The average Bonchev–Trinajstić information content (AvgIpc) is 3.05. The minimum Gasteiger partial charge on any atom is -0.461 e. The van der Waals surface area contributed by atoms with E-state index in [9.17, 15) is 19.2 Å². The van der Waals surface area contributed by atoms with E-state index in [0.717, 1.165) is 27.5 Å². The Balaban J connectivity index is 1.40. The van der Waals surface area contributed by atoms with Crippen LogP contribution in [0.15, 0.2) is 103 Å². The predicted octanol–water partition coefficient (Wildman–Crippen LogP) is 3.84. The van der Waals surface area contributed by atoms with Crippen molar-refractivity contribution >= 4 is 34.5 Å². The number of carbonyl (C=O) groups is 4. The Morgan fingerprint density at radius 2 is 1.36 bits per heavy atom. The molecule has 0 spiro atoms. The summed E-state index contributed by atoms with van der Waals surface area (Å²) in [5.41, 5.74) is 2.68. The van der Waals surface area contributed by atoms with Crippen molar-refractivity contribution in [3.8, 4) is 0 Å². The van der Waals surface area contributed by atoms with Gasteiger partial charge >= 0.3 is 5.97 Å². The molecule has 2 unspecified atom stereocenters. The summed E-state index contributed by atoms with van der Waals surface area (Å²) in [5, 5.41) is 10.2. The third-order valence-corrected chi connectivity index (χ3v) is 7.05. The molecule has 0 saturated heterocycles. The van der Waals surface area contributed by atoms with Crippen LogP contribution in [0.3, 0.4) is 0 Å². The van der Waals surface area contributed by atoms with Crippen LogP contribution >= 0.6 is 0 Å². The standard InChI is InChI=1S/C35H37N3O6/c1-43-24-31(34(41)36-22-28-17-10-16-27-15-8-9-18-29(27)28)38-35(42)30(21-33(40)44-23-26-13-6-3-7-14-26)37-32(39)20-19-25-11-4-2-5-12-25/h2-18,30-31H,19-24H2,1H3,(H,36,41)(H,37,39)(H,38,42). The molecule has 0 saturated carbocycles. The first-order valence-electron chi connectivity index (χ1n) is 14.5. The summed E-state index contributed by atoms with van der Waals surface area (Å²) >= 11 is 0. The summed E-state index contributed by atoms with van der Waals surface area (Å²) in [7, 11) is 1.42. The van der Waals surface area contributed by atoms with Gasteiger partial charge in [0, 0.05) is 20.1 Å². The van der Waals surface area contributed by atoms with Crippen molar-refractivity contribution in [3.63, 3.8) is 0 Å². The molecule has 228 valence electrons. The number of methoxy groups -OCH3 is 1. The molecular formula is C35H37N3O6. The maximum absolute atomic E-state index is 13.4. The van der Waals surface area contributed by atoms with Crippen LogP contribution < -0.4 is 16.0 Å². The van der Waals surface area contributed by atoms with Crippen LogP contribution in [0.4, 0.5) is 0 Å². The molecule has 44 heavy (non-hydrogen) atoms. The van der Waals surface area contributed by atoms with Crippen LogP contribution in [-0.2, 0) is 48.2 Å². The van der Waals surface area contributed by atoms with Crippen molar-refractivity contribution in [3.05, 3.63) is 120 Å². The third-order valence-electron chi connectivity index (χ3n) is 7.05. The van der Waals surface area contributed by atoms with Crippen molar-refractivity contribution in [2.24, 2.45) is 0 Å². The molecule has 4 rings (SSSR count). The summed E-state index contributed by atoms with van der Waals surface area (Å²) in [4.78, 5) is 52.2. The molecule has 3 N–H and O–H groups in total. The number of fused-ring (bicyclic) bond motifs is 1. The maximum atomic E-state index is 13.4. The van der Waals surface area contributed by atoms with Gasteiger partial charge in [0.15, 0.2) is 0 Å². The summed E-state index contributed by atoms with van der Waals surface area (Å²) in [5.74, 6) is -2.24. The summed E-state index contributed by atoms with van der Waals surface area (Å²) in [6.45, 7) is 0.154. The maximum Gasteiger partial charge on any atom is 0.308 e. The minimum absolute atomic E-state index is 0.0266. The lowest BCUT2D eigenvalue weighted by Crippen LogP contribution is -2.55. The minimum atomic E-state index is -1.26. The first kappa shape index (κ1) is 31.9. The number of amides is 3. The average molecular weight is 596 g/mol. The van der Waals surface area contributed by atoms with Gasteiger partial charge in [0.2, 0.25) is 17.7 Å². The van der Waals surface area contributed by atoms with E-state index in [0.29, 0.717) is 6.42 Å². The van der Waals surface area contributed by atoms with Gasteiger partial charge in [-0.05, 0) is 33.9 Å². The van der Waals surface area contributed by atoms with Gasteiger partial charge in [-0.15, -0.1) is 0 Å². The number of hydrogen-bond donors (Lipinski definition) is 3. The van der Waals surface area contributed by atoms with Crippen LogP contribution in [0.1, 0.15) is 29.5 Å². The van der Waals surface area contributed by atoms with E-state index in [1.807, 2.05) is 103 Å². The van der Waals surface area contributed by atoms with Crippen LogP contribution in [-0.4, -0.2) is 49.5 Å². The highest BCUT2D eigenvalue weighted by molar-refractivity contribution is 5.94. The quantitative estimate of drug-likeness (QED) is 0.180. The predicted molar refractivity (Wildman–Crippen MR) is 167 cm³/mol. The lowest BCUT2D eigenvalue weighted by atomic mass is 10.0. The topological polar surface area (TPSA) is 123 Å². The van der Waals surface area contributed by atoms with Crippen molar-refractivity contribution in [2.75, 3.05) is 13.7 Å². The van der Waals surface area contributed by atoms with Crippen molar-refractivity contribution in [1.82, 2.24) is 16.0 Å². The molecule has 0 aliphatic carbocycles. The van der Waals surface area contributed by atoms with E-state index >= 15 is 0 Å². The monoisotopic (exact) mass is 595 g/mol. The number of ether oxygens (including phenoxy) is 2. The number of aryl methyl sites for hydroxylation is 1. The van der Waals surface area contributed by atoms with Gasteiger partial charge in [0.1, 0.15) is 18.7 Å². The molecule has 4 aromatic rings. The summed E-state index contributed by atoms with van der Waals surface area (Å²) in [6.07, 6.45) is 0.162. The number of rotatable bonds is 15. The van der Waals surface area contributed by atoms with E-state index in [1.54, 1.807) is 0 Å². The Morgan fingerprint density at radius 3 is 2.09 bits per heavy atom. The molecule has 0 aliphatic heterocycles. The number of benzene rings is 4. The molecule has 0 bridgehead atoms. The van der Waals surface area contributed by atoms with Crippen molar-refractivity contribution < 1.29 is 28.7 Å². The first-order valence-corrected chi connectivity index (χ1v) is 14.5. The number of nitrogens with one attached hydrogen (secondary N) is 3. The highest BCUT2D eigenvalue weighted by Crippen LogP contribution is 2.18. The van der Waals surface area contributed by atoms with Gasteiger partial charge in [0.25, 0.3) is 0 Å². The summed E-state index contributed by atoms with van der Waals surface area (Å²) in [6, 6.07) is 30.0. The molecule has 0 aromatic heterocycles. The fraction of sp³-hybridized carbons (Fsp3) is 0.257. The molecular weight excluding hydrogens is 558 g/mol. The molecule has 4 aromatic carbocycles. The molecule has 0 heterocycles. The van der Waals surface area contributed by atoms with E-state index in [-0.39, 0.29) is 26.2 Å². The smallest absolute Gasteiger partial charge is 0.308 e. The molecule has 9 heteroatoms. The van der Waals surface area contributed by atoms with Gasteiger partial charge in [-0.25, -0.2) is 0 Å².